The molecule has 0 aromatic carbocycles. The van der Waals surface area contributed by atoms with Crippen LogP contribution in [0.15, 0.2) is 12.4 Å². The van der Waals surface area contributed by atoms with Gasteiger partial charge in [0, 0.05) is 29.8 Å². The molecule has 0 radical (unpaired) electrons. The molecule has 2 rings (SSSR count). The zero-order chi connectivity index (χ0) is 15.0. The third-order valence-corrected chi connectivity index (χ3v) is 5.05. The molecule has 1 aliphatic rings. The van der Waals surface area contributed by atoms with E-state index in [0.29, 0.717) is 18.0 Å². The van der Waals surface area contributed by atoms with E-state index in [9.17, 15) is 5.11 Å². The van der Waals surface area contributed by atoms with Crippen LogP contribution in [0.1, 0.15) is 71.1 Å². The zero-order valence-electron chi connectivity index (χ0n) is 13.3. The van der Waals surface area contributed by atoms with Gasteiger partial charge in [-0.3, -0.25) is 4.68 Å². The number of rotatable bonds is 4. The van der Waals surface area contributed by atoms with Crippen LogP contribution in [-0.2, 0) is 0 Å². The van der Waals surface area contributed by atoms with Crippen LogP contribution in [-0.4, -0.2) is 21.4 Å². The number of nitrogens with zero attached hydrogens (tertiary/aromatic N) is 2. The third kappa shape index (κ3) is 2.91. The second-order valence-electron chi connectivity index (χ2n) is 7.48. The van der Waals surface area contributed by atoms with Crippen molar-refractivity contribution in [3.05, 3.63) is 18.0 Å². The van der Waals surface area contributed by atoms with E-state index in [-0.39, 0.29) is 5.41 Å². The van der Waals surface area contributed by atoms with Gasteiger partial charge in [0.25, 0.3) is 0 Å². The van der Waals surface area contributed by atoms with E-state index in [1.165, 1.54) is 0 Å². The van der Waals surface area contributed by atoms with Gasteiger partial charge in [0.2, 0.25) is 0 Å². The largest absolute Gasteiger partial charge is 0.388 e. The maximum atomic E-state index is 10.8. The van der Waals surface area contributed by atoms with Crippen molar-refractivity contribution < 1.29 is 5.11 Å². The van der Waals surface area contributed by atoms with E-state index in [2.05, 4.69) is 32.8 Å². The van der Waals surface area contributed by atoms with Gasteiger partial charge in [-0.05, 0) is 44.9 Å². The SMILES string of the molecule is CC(C)n1cc(C(O)C2(CN)CCC(C)(C)CC2)cn1. The molecule has 4 heteroatoms. The molecule has 1 aromatic rings. The molecule has 0 amide bonds. The fraction of sp³-hybridized carbons (Fsp3) is 0.812. The molecular weight excluding hydrogens is 250 g/mol. The molecule has 1 unspecified atom stereocenters. The van der Waals surface area contributed by atoms with Gasteiger partial charge in [-0.15, -0.1) is 0 Å². The number of nitrogens with two attached hydrogens (primary N) is 1. The van der Waals surface area contributed by atoms with E-state index in [4.69, 9.17) is 5.73 Å². The standard InChI is InChI=1S/C16H29N3O/c1-12(2)19-10-13(9-18-19)14(20)16(11-17)7-5-15(3,4)6-8-16/h9-10,12,14,20H,5-8,11,17H2,1-4H3. The second kappa shape index (κ2) is 5.49. The lowest BCUT2D eigenvalue weighted by Crippen LogP contribution is -2.41. The molecule has 1 fully saturated rings. The van der Waals surface area contributed by atoms with Crippen molar-refractivity contribution in [2.45, 2.75) is 65.5 Å². The first kappa shape index (κ1) is 15.5. The van der Waals surface area contributed by atoms with E-state index >= 15 is 0 Å². The summed E-state index contributed by atoms with van der Waals surface area (Å²) < 4.78 is 1.90. The van der Waals surface area contributed by atoms with E-state index < -0.39 is 6.10 Å². The highest BCUT2D eigenvalue weighted by atomic mass is 16.3. The highest BCUT2D eigenvalue weighted by Gasteiger charge is 2.43. The Kier molecular flexibility index (Phi) is 4.26. The Morgan fingerprint density at radius 3 is 2.35 bits per heavy atom. The van der Waals surface area contributed by atoms with Gasteiger partial charge in [-0.25, -0.2) is 0 Å². The van der Waals surface area contributed by atoms with Crippen molar-refractivity contribution in [3.8, 4) is 0 Å². The molecule has 1 aliphatic carbocycles. The number of aliphatic hydroxyl groups excluding tert-OH is 1. The van der Waals surface area contributed by atoms with Crippen LogP contribution >= 0.6 is 0 Å². The highest BCUT2D eigenvalue weighted by molar-refractivity contribution is 5.14. The molecule has 3 N–H and O–H groups in total. The minimum atomic E-state index is -0.504. The summed E-state index contributed by atoms with van der Waals surface area (Å²) in [4.78, 5) is 0. The first-order valence-electron chi connectivity index (χ1n) is 7.72. The lowest BCUT2D eigenvalue weighted by atomic mass is 9.62. The molecule has 0 spiro atoms. The van der Waals surface area contributed by atoms with Crippen LogP contribution < -0.4 is 5.73 Å². The summed E-state index contributed by atoms with van der Waals surface area (Å²) >= 11 is 0. The van der Waals surface area contributed by atoms with Crippen LogP contribution in [0.25, 0.3) is 0 Å². The Morgan fingerprint density at radius 2 is 1.90 bits per heavy atom. The van der Waals surface area contributed by atoms with Gasteiger partial charge in [0.1, 0.15) is 0 Å². The number of aliphatic hydroxyl groups is 1. The van der Waals surface area contributed by atoms with Gasteiger partial charge >= 0.3 is 0 Å². The molecular formula is C16H29N3O. The van der Waals surface area contributed by atoms with Crippen molar-refractivity contribution in [1.29, 1.82) is 0 Å². The number of hydrogen-bond acceptors (Lipinski definition) is 3. The Bertz CT molecular complexity index is 440. The molecule has 0 saturated heterocycles. The monoisotopic (exact) mass is 279 g/mol. The number of hydrogen-bond donors (Lipinski definition) is 2. The normalized spacial score (nSPS) is 22.9. The first-order chi connectivity index (χ1) is 9.30. The summed E-state index contributed by atoms with van der Waals surface area (Å²) in [5, 5.41) is 15.2. The second-order valence-corrected chi connectivity index (χ2v) is 7.48. The predicted octanol–water partition coefficient (Wildman–Crippen LogP) is 3.04. The van der Waals surface area contributed by atoms with Crippen LogP contribution in [0, 0.1) is 10.8 Å². The first-order valence-corrected chi connectivity index (χ1v) is 7.72. The summed E-state index contributed by atoms with van der Waals surface area (Å²) in [6, 6.07) is 0.315. The van der Waals surface area contributed by atoms with Crippen molar-refractivity contribution in [3.63, 3.8) is 0 Å². The lowest BCUT2D eigenvalue weighted by molar-refractivity contribution is -0.0236. The lowest BCUT2D eigenvalue weighted by Gasteiger charge is -2.45. The van der Waals surface area contributed by atoms with Gasteiger partial charge in [-0.1, -0.05) is 13.8 Å². The summed E-state index contributed by atoms with van der Waals surface area (Å²) in [5.41, 5.74) is 7.15. The summed E-state index contributed by atoms with van der Waals surface area (Å²) in [6.45, 7) is 9.32. The van der Waals surface area contributed by atoms with Crippen molar-refractivity contribution in [2.24, 2.45) is 16.6 Å². The smallest absolute Gasteiger partial charge is 0.0888 e. The van der Waals surface area contributed by atoms with Crippen LogP contribution in [0.2, 0.25) is 0 Å². The van der Waals surface area contributed by atoms with Gasteiger partial charge in [0.05, 0.1) is 12.3 Å². The molecule has 4 nitrogen and oxygen atoms in total. The average molecular weight is 279 g/mol. The Labute approximate surface area is 122 Å². The number of aromatic nitrogens is 2. The fourth-order valence-corrected chi connectivity index (χ4v) is 3.14. The molecule has 1 aromatic heterocycles. The minimum absolute atomic E-state index is 0.180. The van der Waals surface area contributed by atoms with Crippen molar-refractivity contribution >= 4 is 0 Å². The van der Waals surface area contributed by atoms with Crippen molar-refractivity contribution in [1.82, 2.24) is 9.78 Å². The summed E-state index contributed by atoms with van der Waals surface area (Å²) in [7, 11) is 0. The Balaban J connectivity index is 2.18. The summed E-state index contributed by atoms with van der Waals surface area (Å²) in [6.07, 6.45) is 7.49. The third-order valence-electron chi connectivity index (χ3n) is 5.05. The predicted molar refractivity (Wildman–Crippen MR) is 81.3 cm³/mol. The maximum absolute atomic E-state index is 10.8. The van der Waals surface area contributed by atoms with Crippen LogP contribution in [0.5, 0.6) is 0 Å². The van der Waals surface area contributed by atoms with Gasteiger partial charge < -0.3 is 10.8 Å². The van der Waals surface area contributed by atoms with E-state index in [0.717, 1.165) is 31.2 Å². The maximum Gasteiger partial charge on any atom is 0.0888 e. The molecule has 1 atom stereocenters. The van der Waals surface area contributed by atoms with Crippen molar-refractivity contribution in [2.75, 3.05) is 6.54 Å². The molecule has 0 bridgehead atoms. The van der Waals surface area contributed by atoms with E-state index in [1.807, 2.05) is 10.9 Å². The topological polar surface area (TPSA) is 64.1 Å². The zero-order valence-corrected chi connectivity index (χ0v) is 13.3. The minimum Gasteiger partial charge on any atom is -0.388 e. The van der Waals surface area contributed by atoms with Gasteiger partial charge in [0.15, 0.2) is 0 Å². The molecule has 1 saturated carbocycles. The van der Waals surface area contributed by atoms with Crippen LogP contribution in [0.3, 0.4) is 0 Å². The van der Waals surface area contributed by atoms with Gasteiger partial charge in [-0.2, -0.15) is 5.10 Å². The molecule has 114 valence electrons. The fourth-order valence-electron chi connectivity index (χ4n) is 3.14. The average Bonchev–Trinajstić information content (AvgIpc) is 2.88. The Hall–Kier alpha value is -0.870. The molecule has 0 aliphatic heterocycles. The quantitative estimate of drug-likeness (QED) is 0.890. The molecule has 1 heterocycles. The van der Waals surface area contributed by atoms with E-state index in [1.54, 1.807) is 6.20 Å². The highest BCUT2D eigenvalue weighted by Crippen LogP contribution is 2.50. The van der Waals surface area contributed by atoms with Crippen LogP contribution in [0.4, 0.5) is 0 Å². The Morgan fingerprint density at radius 1 is 1.30 bits per heavy atom. The summed E-state index contributed by atoms with van der Waals surface area (Å²) in [5.74, 6) is 0. The molecule has 20 heavy (non-hydrogen) atoms.